The molecule has 0 aliphatic carbocycles. The molecular formula is C15H20Cl2N2O. The van der Waals surface area contributed by atoms with Gasteiger partial charge in [0.2, 0.25) is 5.91 Å². The molecule has 110 valence electrons. The highest BCUT2D eigenvalue weighted by molar-refractivity contribution is 6.42. The van der Waals surface area contributed by atoms with Crippen molar-refractivity contribution < 1.29 is 4.79 Å². The Morgan fingerprint density at radius 3 is 3.00 bits per heavy atom. The summed E-state index contributed by atoms with van der Waals surface area (Å²) in [7, 11) is 1.92. The Balaban J connectivity index is 1.93. The molecular weight excluding hydrogens is 295 g/mol. The third-order valence-electron chi connectivity index (χ3n) is 3.78. The number of halogens is 2. The summed E-state index contributed by atoms with van der Waals surface area (Å²) in [5.41, 5.74) is 0.942. The van der Waals surface area contributed by atoms with Crippen molar-refractivity contribution in [3.8, 4) is 0 Å². The normalized spacial score (nSPS) is 18.6. The molecule has 1 N–H and O–H groups in total. The first-order valence-electron chi connectivity index (χ1n) is 7.00. The second kappa shape index (κ2) is 7.30. The van der Waals surface area contributed by atoms with Gasteiger partial charge in [-0.2, -0.15) is 0 Å². The minimum absolute atomic E-state index is 0.207. The molecule has 3 nitrogen and oxygen atoms in total. The molecule has 20 heavy (non-hydrogen) atoms. The van der Waals surface area contributed by atoms with Crippen LogP contribution in [0.1, 0.15) is 24.8 Å². The number of hydrogen-bond acceptors (Lipinski definition) is 2. The number of amides is 1. The molecule has 1 aliphatic rings. The number of benzene rings is 1. The predicted molar refractivity (Wildman–Crippen MR) is 83.4 cm³/mol. The van der Waals surface area contributed by atoms with E-state index in [4.69, 9.17) is 23.2 Å². The molecule has 2 rings (SSSR count). The first-order chi connectivity index (χ1) is 9.63. The maximum Gasteiger partial charge on any atom is 0.223 e. The van der Waals surface area contributed by atoms with Crippen LogP contribution in [0, 0.1) is 0 Å². The van der Waals surface area contributed by atoms with Gasteiger partial charge in [0.05, 0.1) is 10.0 Å². The Hall–Kier alpha value is -0.770. The molecule has 1 saturated heterocycles. The van der Waals surface area contributed by atoms with Crippen molar-refractivity contribution in [2.24, 2.45) is 0 Å². The minimum Gasteiger partial charge on any atom is -0.338 e. The van der Waals surface area contributed by atoms with Crippen LogP contribution in [0.2, 0.25) is 10.0 Å². The average Bonchev–Trinajstić information content (AvgIpc) is 2.89. The lowest BCUT2D eigenvalue weighted by Gasteiger charge is -2.24. The van der Waals surface area contributed by atoms with E-state index < -0.39 is 0 Å². The number of carbonyl (C=O) groups excluding carboxylic acids is 1. The van der Waals surface area contributed by atoms with Crippen molar-refractivity contribution in [1.29, 1.82) is 0 Å². The van der Waals surface area contributed by atoms with E-state index in [1.54, 1.807) is 6.07 Å². The van der Waals surface area contributed by atoms with Crippen LogP contribution in [0.25, 0.3) is 0 Å². The van der Waals surface area contributed by atoms with Crippen LogP contribution in [0.5, 0.6) is 0 Å². The minimum atomic E-state index is 0.207. The fourth-order valence-electron chi connectivity index (χ4n) is 2.74. The van der Waals surface area contributed by atoms with Gasteiger partial charge in [-0.15, -0.1) is 0 Å². The van der Waals surface area contributed by atoms with Crippen molar-refractivity contribution in [3.63, 3.8) is 0 Å². The molecule has 0 aromatic heterocycles. The topological polar surface area (TPSA) is 32.3 Å². The Kier molecular flexibility index (Phi) is 5.70. The van der Waals surface area contributed by atoms with Gasteiger partial charge >= 0.3 is 0 Å². The summed E-state index contributed by atoms with van der Waals surface area (Å²) in [5.74, 6) is 0.207. The van der Waals surface area contributed by atoms with Crippen molar-refractivity contribution in [2.75, 3.05) is 20.1 Å². The lowest BCUT2D eigenvalue weighted by Crippen LogP contribution is -2.40. The summed E-state index contributed by atoms with van der Waals surface area (Å²) in [4.78, 5) is 14.3. The molecule has 1 aliphatic heterocycles. The molecule has 1 heterocycles. The fourth-order valence-corrected chi connectivity index (χ4v) is 3.15. The number of aryl methyl sites for hydroxylation is 1. The van der Waals surface area contributed by atoms with Gasteiger partial charge in [0, 0.05) is 25.6 Å². The second-order valence-corrected chi connectivity index (χ2v) is 5.94. The molecule has 1 aromatic carbocycles. The van der Waals surface area contributed by atoms with Crippen LogP contribution < -0.4 is 5.32 Å². The van der Waals surface area contributed by atoms with E-state index in [9.17, 15) is 4.79 Å². The smallest absolute Gasteiger partial charge is 0.223 e. The number of nitrogens with one attached hydrogen (secondary N) is 1. The maximum atomic E-state index is 12.3. The summed E-state index contributed by atoms with van der Waals surface area (Å²) in [6.45, 7) is 1.73. The molecule has 1 amide bonds. The number of likely N-dealkylation sites (tertiary alicyclic amines) is 1. The maximum absolute atomic E-state index is 12.3. The molecule has 0 unspecified atom stereocenters. The number of likely N-dealkylation sites (N-methyl/N-ethyl adjacent to an activating group) is 1. The quantitative estimate of drug-likeness (QED) is 0.905. The van der Waals surface area contributed by atoms with Crippen LogP contribution in [0.4, 0.5) is 0 Å². The summed E-state index contributed by atoms with van der Waals surface area (Å²) in [6, 6.07) is 5.89. The number of rotatable bonds is 5. The number of carbonyl (C=O) groups is 1. The summed E-state index contributed by atoms with van der Waals surface area (Å²) in [6.07, 6.45) is 3.31. The first kappa shape index (κ1) is 15.6. The van der Waals surface area contributed by atoms with Gasteiger partial charge < -0.3 is 10.2 Å². The summed E-state index contributed by atoms with van der Waals surface area (Å²) in [5, 5.41) is 4.26. The highest BCUT2D eigenvalue weighted by Crippen LogP contribution is 2.27. The lowest BCUT2D eigenvalue weighted by atomic mass is 10.1. The van der Waals surface area contributed by atoms with Crippen molar-refractivity contribution >= 4 is 29.1 Å². The van der Waals surface area contributed by atoms with Crippen LogP contribution in [0.3, 0.4) is 0 Å². The highest BCUT2D eigenvalue weighted by Gasteiger charge is 2.27. The summed E-state index contributed by atoms with van der Waals surface area (Å²) >= 11 is 12.1. The Morgan fingerprint density at radius 2 is 2.25 bits per heavy atom. The molecule has 0 bridgehead atoms. The van der Waals surface area contributed by atoms with E-state index in [-0.39, 0.29) is 5.91 Å². The fraction of sp³-hybridized carbons (Fsp3) is 0.533. The number of hydrogen-bond donors (Lipinski definition) is 1. The zero-order valence-electron chi connectivity index (χ0n) is 11.7. The van der Waals surface area contributed by atoms with Crippen LogP contribution in [0.15, 0.2) is 18.2 Å². The number of nitrogens with zero attached hydrogens (tertiary/aromatic N) is 1. The zero-order valence-corrected chi connectivity index (χ0v) is 13.2. The average molecular weight is 315 g/mol. The molecule has 5 heteroatoms. The summed E-state index contributed by atoms with van der Waals surface area (Å²) < 4.78 is 0. The SMILES string of the molecule is CNC[C@@H]1CCCN1C(=O)CCc1cccc(Cl)c1Cl. The van der Waals surface area contributed by atoms with Crippen LogP contribution >= 0.6 is 23.2 Å². The van der Waals surface area contributed by atoms with Gasteiger partial charge in [0.15, 0.2) is 0 Å². The van der Waals surface area contributed by atoms with E-state index >= 15 is 0 Å². The van der Waals surface area contributed by atoms with Crippen LogP contribution in [-0.4, -0.2) is 37.0 Å². The van der Waals surface area contributed by atoms with E-state index in [2.05, 4.69) is 5.32 Å². The molecule has 1 fully saturated rings. The molecule has 1 atom stereocenters. The Bertz CT molecular complexity index is 479. The Morgan fingerprint density at radius 1 is 1.45 bits per heavy atom. The van der Waals surface area contributed by atoms with Gasteiger partial charge in [-0.1, -0.05) is 35.3 Å². The van der Waals surface area contributed by atoms with Gasteiger partial charge in [-0.05, 0) is 37.9 Å². The van der Waals surface area contributed by atoms with Gasteiger partial charge in [-0.3, -0.25) is 4.79 Å². The van der Waals surface area contributed by atoms with Crippen molar-refractivity contribution in [2.45, 2.75) is 31.7 Å². The second-order valence-electron chi connectivity index (χ2n) is 5.15. The lowest BCUT2D eigenvalue weighted by molar-refractivity contribution is -0.131. The standard InChI is InChI=1S/C15H20Cl2N2O/c1-18-10-12-5-3-9-19(12)14(20)8-7-11-4-2-6-13(16)15(11)17/h2,4,6,12,18H,3,5,7-10H2,1H3/t12-/m0/s1. The zero-order chi connectivity index (χ0) is 14.5. The van der Waals surface area contributed by atoms with E-state index in [1.807, 2.05) is 24.1 Å². The van der Waals surface area contributed by atoms with Gasteiger partial charge in [-0.25, -0.2) is 0 Å². The van der Waals surface area contributed by atoms with E-state index in [0.717, 1.165) is 31.5 Å². The van der Waals surface area contributed by atoms with Crippen molar-refractivity contribution in [1.82, 2.24) is 10.2 Å². The van der Waals surface area contributed by atoms with E-state index in [1.165, 1.54) is 0 Å². The third kappa shape index (κ3) is 3.66. The molecule has 0 saturated carbocycles. The predicted octanol–water partition coefficient (Wildman–Crippen LogP) is 3.14. The van der Waals surface area contributed by atoms with E-state index in [0.29, 0.717) is 28.9 Å². The van der Waals surface area contributed by atoms with Crippen molar-refractivity contribution in [3.05, 3.63) is 33.8 Å². The highest BCUT2D eigenvalue weighted by atomic mass is 35.5. The van der Waals surface area contributed by atoms with Gasteiger partial charge in [0.25, 0.3) is 0 Å². The molecule has 0 spiro atoms. The monoisotopic (exact) mass is 314 g/mol. The first-order valence-corrected chi connectivity index (χ1v) is 7.76. The van der Waals surface area contributed by atoms with Crippen LogP contribution in [-0.2, 0) is 11.2 Å². The van der Waals surface area contributed by atoms with Gasteiger partial charge in [0.1, 0.15) is 0 Å². The molecule has 0 radical (unpaired) electrons. The Labute approximate surface area is 130 Å². The third-order valence-corrected chi connectivity index (χ3v) is 4.64. The largest absolute Gasteiger partial charge is 0.338 e. The molecule has 1 aromatic rings.